The van der Waals surface area contributed by atoms with Crippen LogP contribution in [0.3, 0.4) is 0 Å². The van der Waals surface area contributed by atoms with E-state index in [9.17, 15) is 4.79 Å². The van der Waals surface area contributed by atoms with Gasteiger partial charge in [-0.15, -0.1) is 0 Å². The van der Waals surface area contributed by atoms with Crippen molar-refractivity contribution in [1.82, 2.24) is 19.7 Å². The zero-order valence-electron chi connectivity index (χ0n) is 16.9. The van der Waals surface area contributed by atoms with Gasteiger partial charge in [0.2, 0.25) is 0 Å². The third-order valence-corrected chi connectivity index (χ3v) is 5.73. The molecule has 0 atom stereocenters. The number of hydrogen-bond acceptors (Lipinski definition) is 4. The van der Waals surface area contributed by atoms with Crippen molar-refractivity contribution in [3.05, 3.63) is 47.8 Å². The number of nitriles is 1. The molecule has 0 saturated carbocycles. The van der Waals surface area contributed by atoms with Crippen molar-refractivity contribution in [1.29, 1.82) is 5.26 Å². The lowest BCUT2D eigenvalue weighted by molar-refractivity contribution is 0.0709. The third-order valence-electron chi connectivity index (χ3n) is 5.73. The summed E-state index contributed by atoms with van der Waals surface area (Å²) < 4.78 is 1.86. The van der Waals surface area contributed by atoms with Gasteiger partial charge in [0.05, 0.1) is 29.0 Å². The fourth-order valence-corrected chi connectivity index (χ4v) is 3.87. The number of carbonyl (C=O) groups is 1. The number of fused-ring (bicyclic) bond motifs is 1. The van der Waals surface area contributed by atoms with Crippen LogP contribution >= 0.6 is 0 Å². The predicted molar refractivity (Wildman–Crippen MR) is 112 cm³/mol. The highest BCUT2D eigenvalue weighted by Gasteiger charge is 2.25. The molecule has 1 aliphatic heterocycles. The monoisotopic (exact) mass is 387 g/mol. The minimum Gasteiger partial charge on any atom is -0.339 e. The minimum atomic E-state index is 0.0196. The van der Waals surface area contributed by atoms with Crippen molar-refractivity contribution in [3.8, 4) is 17.3 Å². The van der Waals surface area contributed by atoms with Crippen LogP contribution in [-0.2, 0) is 13.0 Å². The second kappa shape index (κ2) is 8.04. The van der Waals surface area contributed by atoms with Crippen LogP contribution in [0.15, 0.2) is 36.7 Å². The summed E-state index contributed by atoms with van der Waals surface area (Å²) in [6, 6.07) is 10.4. The number of benzene rings is 1. The number of carbonyl (C=O) groups excluding carboxylic acids is 1. The third kappa shape index (κ3) is 3.73. The summed E-state index contributed by atoms with van der Waals surface area (Å²) in [5.41, 5.74) is 4.35. The first-order valence-electron chi connectivity index (χ1n) is 10.3. The zero-order valence-corrected chi connectivity index (χ0v) is 16.9. The fraction of sp³-hybridized carbons (Fsp3) is 0.391. The maximum Gasteiger partial charge on any atom is 0.254 e. The quantitative estimate of drug-likeness (QED) is 0.677. The summed E-state index contributed by atoms with van der Waals surface area (Å²) in [5, 5.41) is 14.4. The average Bonchev–Trinajstić information content (AvgIpc) is 3.27. The molecule has 0 unspecified atom stereocenters. The van der Waals surface area contributed by atoms with E-state index in [4.69, 9.17) is 10.2 Å². The van der Waals surface area contributed by atoms with Crippen LogP contribution in [0.1, 0.15) is 42.6 Å². The van der Waals surface area contributed by atoms with Gasteiger partial charge in [-0.25, -0.2) is 4.98 Å². The van der Waals surface area contributed by atoms with Gasteiger partial charge >= 0.3 is 0 Å². The highest BCUT2D eigenvalue weighted by molar-refractivity contribution is 6.07. The number of pyridine rings is 1. The number of rotatable bonds is 4. The summed E-state index contributed by atoms with van der Waals surface area (Å²) in [4.78, 5) is 20.1. The number of nitrogens with zero attached hydrogens (tertiary/aromatic N) is 5. The van der Waals surface area contributed by atoms with Crippen LogP contribution in [0.25, 0.3) is 22.2 Å². The lowest BCUT2D eigenvalue weighted by Crippen LogP contribution is -2.38. The topological polar surface area (TPSA) is 74.8 Å². The van der Waals surface area contributed by atoms with Gasteiger partial charge in [0.15, 0.2) is 0 Å². The molecule has 6 heteroatoms. The Morgan fingerprint density at radius 1 is 1.24 bits per heavy atom. The largest absolute Gasteiger partial charge is 0.339 e. The Balaban J connectivity index is 1.79. The smallest absolute Gasteiger partial charge is 0.254 e. The van der Waals surface area contributed by atoms with Gasteiger partial charge < -0.3 is 4.90 Å². The van der Waals surface area contributed by atoms with Crippen LogP contribution in [0.5, 0.6) is 0 Å². The van der Waals surface area contributed by atoms with Crippen LogP contribution in [0.2, 0.25) is 0 Å². The van der Waals surface area contributed by atoms with E-state index in [0.29, 0.717) is 18.7 Å². The summed E-state index contributed by atoms with van der Waals surface area (Å²) in [7, 11) is 0. The van der Waals surface area contributed by atoms with E-state index in [0.717, 1.165) is 48.0 Å². The standard InChI is InChI=1S/C23H25N5O/c1-3-16-5-6-21-19(11-16)20(23(29)27-9-7-17(13-24)8-10-27)12-22(26-21)18-14-25-28(4-2)15-18/h5-6,11-12,14-15,17H,3-4,7-10H2,1-2H3. The van der Waals surface area contributed by atoms with Gasteiger partial charge in [-0.2, -0.15) is 10.4 Å². The highest BCUT2D eigenvalue weighted by Crippen LogP contribution is 2.28. The van der Waals surface area contributed by atoms with Gasteiger partial charge in [-0.05, 0) is 49.9 Å². The van der Waals surface area contributed by atoms with Crippen LogP contribution < -0.4 is 0 Å². The molecule has 148 valence electrons. The molecule has 29 heavy (non-hydrogen) atoms. The van der Waals surface area contributed by atoms with Gasteiger partial charge in [0.25, 0.3) is 5.91 Å². The van der Waals surface area contributed by atoms with E-state index in [2.05, 4.69) is 30.2 Å². The first-order chi connectivity index (χ1) is 14.1. The number of likely N-dealkylation sites (tertiary alicyclic amines) is 1. The van der Waals surface area contributed by atoms with E-state index >= 15 is 0 Å². The molecule has 0 aliphatic carbocycles. The van der Waals surface area contributed by atoms with E-state index in [1.54, 1.807) is 6.20 Å². The number of piperidine rings is 1. The number of amides is 1. The second-order valence-electron chi connectivity index (χ2n) is 7.54. The normalized spacial score (nSPS) is 14.9. The van der Waals surface area contributed by atoms with Gasteiger partial charge in [0, 0.05) is 42.7 Å². The van der Waals surface area contributed by atoms with Crippen molar-refractivity contribution in [2.45, 2.75) is 39.7 Å². The van der Waals surface area contributed by atoms with Crippen molar-refractivity contribution < 1.29 is 4.79 Å². The summed E-state index contributed by atoms with van der Waals surface area (Å²) in [5.74, 6) is 0.0709. The maximum atomic E-state index is 13.4. The maximum absolute atomic E-state index is 13.4. The molecule has 1 aliphatic rings. The minimum absolute atomic E-state index is 0.0196. The molecule has 6 nitrogen and oxygen atoms in total. The Morgan fingerprint density at radius 3 is 2.69 bits per heavy atom. The van der Waals surface area contributed by atoms with Crippen molar-refractivity contribution in [3.63, 3.8) is 0 Å². The molecule has 1 fully saturated rings. The van der Waals surface area contributed by atoms with Gasteiger partial charge in [-0.3, -0.25) is 9.48 Å². The molecule has 0 radical (unpaired) electrons. The molecule has 0 spiro atoms. The summed E-state index contributed by atoms with van der Waals surface area (Å²) in [6.07, 6.45) is 6.14. The molecule has 1 amide bonds. The van der Waals surface area contributed by atoms with E-state index < -0.39 is 0 Å². The predicted octanol–water partition coefficient (Wildman–Crippen LogP) is 4.06. The molecule has 1 saturated heterocycles. The van der Waals surface area contributed by atoms with Crippen LogP contribution in [0, 0.1) is 17.2 Å². The average molecular weight is 387 g/mol. The van der Waals surface area contributed by atoms with E-state index in [-0.39, 0.29) is 11.8 Å². The molecular weight excluding hydrogens is 362 g/mol. The Morgan fingerprint density at radius 2 is 2.03 bits per heavy atom. The Bertz CT molecular complexity index is 1090. The summed E-state index contributed by atoms with van der Waals surface area (Å²) >= 11 is 0. The Kier molecular flexibility index (Phi) is 5.30. The zero-order chi connectivity index (χ0) is 20.4. The Labute approximate surface area is 170 Å². The molecule has 2 aromatic heterocycles. The molecule has 0 N–H and O–H groups in total. The van der Waals surface area contributed by atoms with Crippen molar-refractivity contribution in [2.24, 2.45) is 5.92 Å². The van der Waals surface area contributed by atoms with E-state index in [1.807, 2.05) is 34.8 Å². The van der Waals surface area contributed by atoms with Gasteiger partial charge in [-0.1, -0.05) is 13.0 Å². The van der Waals surface area contributed by atoms with Gasteiger partial charge in [0.1, 0.15) is 0 Å². The highest BCUT2D eigenvalue weighted by atomic mass is 16.2. The van der Waals surface area contributed by atoms with E-state index in [1.165, 1.54) is 5.56 Å². The first-order valence-corrected chi connectivity index (χ1v) is 10.3. The number of aryl methyl sites for hydroxylation is 2. The first kappa shape index (κ1) is 19.1. The molecule has 0 bridgehead atoms. The van der Waals surface area contributed by atoms with Crippen LogP contribution in [0.4, 0.5) is 0 Å². The molecular formula is C23H25N5O. The van der Waals surface area contributed by atoms with Crippen molar-refractivity contribution in [2.75, 3.05) is 13.1 Å². The number of hydrogen-bond donors (Lipinski definition) is 0. The van der Waals surface area contributed by atoms with Crippen molar-refractivity contribution >= 4 is 16.8 Å². The molecule has 1 aromatic carbocycles. The Hall–Kier alpha value is -3.20. The lowest BCUT2D eigenvalue weighted by atomic mass is 9.96. The molecule has 3 aromatic rings. The lowest BCUT2D eigenvalue weighted by Gasteiger charge is -2.29. The molecule has 3 heterocycles. The second-order valence-corrected chi connectivity index (χ2v) is 7.54. The number of aromatic nitrogens is 3. The fourth-order valence-electron chi connectivity index (χ4n) is 3.87. The summed E-state index contributed by atoms with van der Waals surface area (Å²) in [6.45, 7) is 6.18. The molecule has 4 rings (SSSR count). The van der Waals surface area contributed by atoms with Crippen LogP contribution in [-0.4, -0.2) is 38.7 Å². The SMILES string of the molecule is CCc1ccc2nc(-c3cnn(CC)c3)cc(C(=O)N3CCC(C#N)CC3)c2c1.